The van der Waals surface area contributed by atoms with Gasteiger partial charge in [0.1, 0.15) is 5.75 Å². The van der Waals surface area contributed by atoms with Crippen molar-refractivity contribution in [3.63, 3.8) is 0 Å². The van der Waals surface area contributed by atoms with Crippen LogP contribution in [0, 0.1) is 0 Å². The number of piperazine rings is 1. The number of ether oxygens (including phenoxy) is 1. The predicted octanol–water partition coefficient (Wildman–Crippen LogP) is 1.68. The zero-order valence-electron chi connectivity index (χ0n) is 14.2. The zero-order chi connectivity index (χ0) is 18.7. The molecule has 0 aliphatic carbocycles. The second-order valence-electron chi connectivity index (χ2n) is 6.36. The van der Waals surface area contributed by atoms with E-state index in [0.717, 1.165) is 11.3 Å². The number of fused-ring (bicyclic) bond motifs is 1. The fourth-order valence-corrected chi connectivity index (χ4v) is 3.29. The van der Waals surface area contributed by atoms with Crippen LogP contribution in [0.4, 0.5) is 15.3 Å². The number of hydrogen-bond donors (Lipinski definition) is 3. The molecule has 0 saturated carbocycles. The molecule has 26 heavy (non-hydrogen) atoms. The lowest BCUT2D eigenvalue weighted by Crippen LogP contribution is -2.56. The highest BCUT2D eigenvalue weighted by molar-refractivity contribution is 5.94. The molecule has 0 aromatic heterocycles. The molecule has 2 aliphatic heterocycles. The van der Waals surface area contributed by atoms with E-state index in [1.165, 1.54) is 9.80 Å². The molecule has 1 aromatic carbocycles. The first-order valence-electron chi connectivity index (χ1n) is 8.47. The quantitative estimate of drug-likeness (QED) is 0.749. The molecule has 0 bridgehead atoms. The number of amides is 3. The van der Waals surface area contributed by atoms with E-state index in [-0.39, 0.29) is 32.1 Å². The second kappa shape index (κ2) is 7.51. The van der Waals surface area contributed by atoms with Crippen LogP contribution in [0.1, 0.15) is 18.4 Å². The summed E-state index contributed by atoms with van der Waals surface area (Å²) in [5.41, 5.74) is 1.79. The SMILES string of the molecule is O=C1CCc2cc(OCC[C@@H]3CN(C(=O)O)CCN3C(=O)O)ccc2N1. The van der Waals surface area contributed by atoms with Gasteiger partial charge in [-0.25, -0.2) is 9.59 Å². The molecule has 0 spiro atoms. The number of carbonyl (C=O) groups excluding carboxylic acids is 1. The van der Waals surface area contributed by atoms with E-state index in [0.29, 0.717) is 25.0 Å². The third-order valence-corrected chi connectivity index (χ3v) is 4.69. The van der Waals surface area contributed by atoms with Crippen LogP contribution in [0.15, 0.2) is 18.2 Å². The standard InChI is InChI=1S/C17H21N3O6/c21-15-4-1-11-9-13(2-3-14(11)18-15)26-8-5-12-10-19(16(22)23)6-7-20(12)17(24)25/h2-3,9,12H,1,4-8,10H2,(H,18,21)(H,22,23)(H,24,25)/t12-/m1/s1. The maximum atomic E-state index is 11.4. The fraction of sp³-hybridized carbons (Fsp3) is 0.471. The van der Waals surface area contributed by atoms with E-state index in [9.17, 15) is 19.5 Å². The van der Waals surface area contributed by atoms with Crippen molar-refractivity contribution in [3.05, 3.63) is 23.8 Å². The lowest BCUT2D eigenvalue weighted by molar-refractivity contribution is -0.116. The number of rotatable bonds is 4. The topological polar surface area (TPSA) is 119 Å². The van der Waals surface area contributed by atoms with E-state index in [1.54, 1.807) is 12.1 Å². The highest BCUT2D eigenvalue weighted by atomic mass is 16.5. The van der Waals surface area contributed by atoms with Crippen LogP contribution in [0.2, 0.25) is 0 Å². The summed E-state index contributed by atoms with van der Waals surface area (Å²) >= 11 is 0. The number of hydrogen-bond acceptors (Lipinski definition) is 4. The number of carbonyl (C=O) groups is 3. The summed E-state index contributed by atoms with van der Waals surface area (Å²) in [6, 6.07) is 4.98. The van der Waals surface area contributed by atoms with Crippen LogP contribution in [0.3, 0.4) is 0 Å². The Morgan fingerprint density at radius 3 is 2.73 bits per heavy atom. The van der Waals surface area contributed by atoms with Gasteiger partial charge in [-0.1, -0.05) is 0 Å². The van der Waals surface area contributed by atoms with Gasteiger partial charge >= 0.3 is 12.2 Å². The Bertz CT molecular complexity index is 722. The summed E-state index contributed by atoms with van der Waals surface area (Å²) in [4.78, 5) is 36.4. The molecule has 3 N–H and O–H groups in total. The van der Waals surface area contributed by atoms with Crippen molar-refractivity contribution in [3.8, 4) is 5.75 Å². The van der Waals surface area contributed by atoms with Crippen molar-refractivity contribution in [1.29, 1.82) is 0 Å². The third-order valence-electron chi connectivity index (χ3n) is 4.69. The molecule has 3 rings (SSSR count). The monoisotopic (exact) mass is 363 g/mol. The minimum Gasteiger partial charge on any atom is -0.494 e. The molecule has 3 amide bonds. The number of nitrogens with zero attached hydrogens (tertiary/aromatic N) is 2. The maximum absolute atomic E-state index is 11.4. The smallest absolute Gasteiger partial charge is 0.407 e. The van der Waals surface area contributed by atoms with Crippen molar-refractivity contribution in [2.24, 2.45) is 0 Å². The van der Waals surface area contributed by atoms with Crippen LogP contribution in [-0.2, 0) is 11.2 Å². The first-order valence-corrected chi connectivity index (χ1v) is 8.47. The molecular formula is C17H21N3O6. The van der Waals surface area contributed by atoms with Crippen LogP contribution in [0.25, 0.3) is 0 Å². The number of benzene rings is 1. The Morgan fingerprint density at radius 2 is 2.00 bits per heavy atom. The summed E-state index contributed by atoms with van der Waals surface area (Å²) in [7, 11) is 0. The van der Waals surface area contributed by atoms with Crippen LogP contribution in [-0.4, -0.2) is 70.4 Å². The van der Waals surface area contributed by atoms with Gasteiger partial charge in [0.15, 0.2) is 0 Å². The number of anilines is 1. The molecular weight excluding hydrogens is 342 g/mol. The van der Waals surface area contributed by atoms with E-state index in [2.05, 4.69) is 5.32 Å². The normalized spacial score (nSPS) is 19.5. The second-order valence-corrected chi connectivity index (χ2v) is 6.36. The van der Waals surface area contributed by atoms with Crippen molar-refractivity contribution >= 4 is 23.8 Å². The Morgan fingerprint density at radius 1 is 1.19 bits per heavy atom. The fourth-order valence-electron chi connectivity index (χ4n) is 3.29. The van der Waals surface area contributed by atoms with Gasteiger partial charge in [-0.2, -0.15) is 0 Å². The van der Waals surface area contributed by atoms with Crippen molar-refractivity contribution in [2.75, 3.05) is 31.6 Å². The Hall–Kier alpha value is -2.97. The minimum atomic E-state index is -1.05. The molecule has 1 fully saturated rings. The Labute approximate surface area is 150 Å². The van der Waals surface area contributed by atoms with Gasteiger partial charge in [0.2, 0.25) is 5.91 Å². The van der Waals surface area contributed by atoms with Gasteiger partial charge in [0.05, 0.1) is 12.6 Å². The van der Waals surface area contributed by atoms with Crippen LogP contribution >= 0.6 is 0 Å². The summed E-state index contributed by atoms with van der Waals surface area (Å²) < 4.78 is 5.73. The van der Waals surface area contributed by atoms with Gasteiger partial charge in [0, 0.05) is 38.2 Å². The largest absolute Gasteiger partial charge is 0.494 e. The summed E-state index contributed by atoms with van der Waals surface area (Å²) in [6.45, 7) is 0.745. The van der Waals surface area contributed by atoms with Crippen molar-refractivity contribution in [2.45, 2.75) is 25.3 Å². The lowest BCUT2D eigenvalue weighted by Gasteiger charge is -2.38. The van der Waals surface area contributed by atoms with Gasteiger partial charge in [-0.3, -0.25) is 4.79 Å². The van der Waals surface area contributed by atoms with E-state index < -0.39 is 18.2 Å². The molecule has 2 heterocycles. The molecule has 1 aromatic rings. The third kappa shape index (κ3) is 3.98. The summed E-state index contributed by atoms with van der Waals surface area (Å²) in [5.74, 6) is 0.646. The Balaban J connectivity index is 1.58. The van der Waals surface area contributed by atoms with Gasteiger partial charge < -0.3 is 30.1 Å². The summed E-state index contributed by atoms with van der Waals surface area (Å²) in [6.07, 6.45) is -0.607. The number of nitrogens with one attached hydrogen (secondary N) is 1. The van der Waals surface area contributed by atoms with Gasteiger partial charge in [-0.15, -0.1) is 0 Å². The molecule has 9 heteroatoms. The molecule has 0 unspecified atom stereocenters. The summed E-state index contributed by atoms with van der Waals surface area (Å²) in [5, 5.41) is 21.2. The Kier molecular flexibility index (Phi) is 5.15. The maximum Gasteiger partial charge on any atom is 0.407 e. The highest BCUT2D eigenvalue weighted by Crippen LogP contribution is 2.27. The lowest BCUT2D eigenvalue weighted by atomic mass is 10.0. The molecule has 2 aliphatic rings. The zero-order valence-corrected chi connectivity index (χ0v) is 14.2. The van der Waals surface area contributed by atoms with E-state index >= 15 is 0 Å². The predicted molar refractivity (Wildman–Crippen MR) is 91.6 cm³/mol. The number of aryl methyl sites for hydroxylation is 1. The molecule has 1 saturated heterocycles. The molecule has 9 nitrogen and oxygen atoms in total. The van der Waals surface area contributed by atoms with Crippen LogP contribution < -0.4 is 10.1 Å². The average Bonchev–Trinajstić information content (AvgIpc) is 2.61. The molecule has 0 radical (unpaired) electrons. The molecule has 1 atom stereocenters. The van der Waals surface area contributed by atoms with Crippen molar-refractivity contribution in [1.82, 2.24) is 9.80 Å². The average molecular weight is 363 g/mol. The van der Waals surface area contributed by atoms with Crippen LogP contribution in [0.5, 0.6) is 5.75 Å². The van der Waals surface area contributed by atoms with Gasteiger partial charge in [0.25, 0.3) is 0 Å². The minimum absolute atomic E-state index is 0.000198. The first kappa shape index (κ1) is 17.8. The van der Waals surface area contributed by atoms with Gasteiger partial charge in [-0.05, 0) is 30.2 Å². The molecule has 140 valence electrons. The van der Waals surface area contributed by atoms with E-state index in [4.69, 9.17) is 9.84 Å². The highest BCUT2D eigenvalue weighted by Gasteiger charge is 2.32. The van der Waals surface area contributed by atoms with Crippen molar-refractivity contribution < 1.29 is 29.3 Å². The number of carboxylic acid groups (broad SMARTS) is 2. The van der Waals surface area contributed by atoms with E-state index in [1.807, 2.05) is 6.07 Å². The first-order chi connectivity index (χ1) is 12.4.